The summed E-state index contributed by atoms with van der Waals surface area (Å²) in [5, 5.41) is 8.92. The molecule has 0 saturated carbocycles. The maximum absolute atomic E-state index is 8.09. The standard InChI is InChI=1S/C4H7BrO/c5-3-1-2-4-6/h1-2,6H,3-4H2/b2-1+. The van der Waals surface area contributed by atoms with Gasteiger partial charge in [0.2, 0.25) is 0 Å². The third-order valence-corrected chi connectivity index (χ3v) is 0.735. The summed E-state index contributed by atoms with van der Waals surface area (Å²) in [5.74, 6) is 0. The largest absolute Gasteiger partial charge is 0.392 e. The molecule has 0 aliphatic heterocycles. The van der Waals surface area contributed by atoms with E-state index in [1.807, 2.05) is 6.08 Å². The van der Waals surface area contributed by atoms with Gasteiger partial charge in [0.15, 0.2) is 0 Å². The molecular formula is C4H7BrO. The molecule has 0 aromatic heterocycles. The van der Waals surface area contributed by atoms with Crippen molar-refractivity contribution in [1.82, 2.24) is 0 Å². The molecule has 0 spiro atoms. The molecule has 36 valence electrons. The van der Waals surface area contributed by atoms with Crippen LogP contribution in [0.3, 0.4) is 0 Å². The van der Waals surface area contributed by atoms with Crippen molar-refractivity contribution in [3.05, 3.63) is 12.2 Å². The van der Waals surface area contributed by atoms with E-state index in [0.29, 0.717) is 0 Å². The second-order valence-electron chi connectivity index (χ2n) is 0.808. The number of aliphatic hydroxyl groups excluding tert-OH is 1. The van der Waals surface area contributed by atoms with Gasteiger partial charge in [-0.1, -0.05) is 28.1 Å². The number of aliphatic hydroxyl groups is 1. The molecule has 0 heterocycles. The highest BCUT2D eigenvalue weighted by atomic mass is 79.9. The zero-order valence-corrected chi connectivity index (χ0v) is 4.98. The normalized spacial score (nSPS) is 10.3. The maximum Gasteiger partial charge on any atom is 0.0612 e. The van der Waals surface area contributed by atoms with Gasteiger partial charge in [0.25, 0.3) is 0 Å². The second kappa shape index (κ2) is 5.18. The van der Waals surface area contributed by atoms with Crippen LogP contribution in [0.5, 0.6) is 0 Å². The molecule has 0 aliphatic rings. The number of halogens is 1. The fraction of sp³-hybridized carbons (Fsp3) is 0.500. The van der Waals surface area contributed by atoms with Crippen molar-refractivity contribution in [3.8, 4) is 0 Å². The third kappa shape index (κ3) is 4.18. The lowest BCUT2D eigenvalue weighted by atomic mass is 10.6. The predicted molar refractivity (Wildman–Crippen MR) is 30.0 cm³/mol. The highest BCUT2D eigenvalue weighted by Crippen LogP contribution is 1.78. The predicted octanol–water partition coefficient (Wildman–Crippen LogP) is 0.930. The van der Waals surface area contributed by atoms with E-state index in [9.17, 15) is 0 Å². The molecule has 2 heteroatoms. The van der Waals surface area contributed by atoms with Crippen molar-refractivity contribution in [2.24, 2.45) is 0 Å². The molecule has 0 bridgehead atoms. The zero-order valence-electron chi connectivity index (χ0n) is 3.39. The first-order chi connectivity index (χ1) is 2.91. The number of allylic oxidation sites excluding steroid dienone is 1. The van der Waals surface area contributed by atoms with Gasteiger partial charge in [-0.15, -0.1) is 0 Å². The van der Waals surface area contributed by atoms with Crippen LogP contribution in [0.25, 0.3) is 0 Å². The minimum Gasteiger partial charge on any atom is -0.392 e. The molecule has 0 amide bonds. The van der Waals surface area contributed by atoms with E-state index < -0.39 is 0 Å². The average molecular weight is 151 g/mol. The molecule has 0 fully saturated rings. The van der Waals surface area contributed by atoms with Gasteiger partial charge in [-0.2, -0.15) is 0 Å². The van der Waals surface area contributed by atoms with Gasteiger partial charge in [0.05, 0.1) is 6.61 Å². The highest BCUT2D eigenvalue weighted by Gasteiger charge is 1.61. The zero-order chi connectivity index (χ0) is 4.83. The van der Waals surface area contributed by atoms with Crippen LogP contribution < -0.4 is 0 Å². The first-order valence-electron chi connectivity index (χ1n) is 1.73. The van der Waals surface area contributed by atoms with E-state index >= 15 is 0 Å². The van der Waals surface area contributed by atoms with Crippen LogP contribution in [0.4, 0.5) is 0 Å². The monoisotopic (exact) mass is 150 g/mol. The summed E-state index contributed by atoms with van der Waals surface area (Å²) in [6, 6.07) is 0. The average Bonchev–Trinajstić information content (AvgIpc) is 1.61. The molecule has 0 rings (SSSR count). The first-order valence-corrected chi connectivity index (χ1v) is 2.85. The van der Waals surface area contributed by atoms with Gasteiger partial charge in [-0.05, 0) is 0 Å². The van der Waals surface area contributed by atoms with E-state index in [2.05, 4.69) is 15.9 Å². The van der Waals surface area contributed by atoms with Crippen molar-refractivity contribution in [2.75, 3.05) is 11.9 Å². The molecule has 0 aromatic rings. The third-order valence-electron chi connectivity index (χ3n) is 0.361. The molecule has 0 aromatic carbocycles. The summed E-state index contributed by atoms with van der Waals surface area (Å²) in [6.45, 7) is 0.144. The Morgan fingerprint density at radius 2 is 2.17 bits per heavy atom. The SMILES string of the molecule is OC/C=C/CBr. The number of rotatable bonds is 2. The Labute approximate surface area is 45.8 Å². The molecule has 6 heavy (non-hydrogen) atoms. The van der Waals surface area contributed by atoms with Crippen molar-refractivity contribution in [3.63, 3.8) is 0 Å². The maximum atomic E-state index is 8.09. The van der Waals surface area contributed by atoms with Crippen LogP contribution in [0.1, 0.15) is 0 Å². The Kier molecular flexibility index (Phi) is 5.34. The van der Waals surface area contributed by atoms with Crippen LogP contribution >= 0.6 is 15.9 Å². The fourth-order valence-electron chi connectivity index (χ4n) is 0.138. The molecule has 0 aliphatic carbocycles. The molecular weight excluding hydrogens is 144 g/mol. The van der Waals surface area contributed by atoms with Gasteiger partial charge < -0.3 is 5.11 Å². The molecule has 1 N–H and O–H groups in total. The van der Waals surface area contributed by atoms with Gasteiger partial charge in [-0.3, -0.25) is 0 Å². The van der Waals surface area contributed by atoms with Crippen molar-refractivity contribution < 1.29 is 5.11 Å². The van der Waals surface area contributed by atoms with Crippen LogP contribution in [-0.4, -0.2) is 17.0 Å². The van der Waals surface area contributed by atoms with Crippen LogP contribution in [0.15, 0.2) is 12.2 Å². The van der Waals surface area contributed by atoms with Gasteiger partial charge >= 0.3 is 0 Å². The minimum absolute atomic E-state index is 0.144. The first kappa shape index (κ1) is 6.18. The number of hydrogen-bond donors (Lipinski definition) is 1. The Morgan fingerprint density at radius 3 is 2.33 bits per heavy atom. The summed E-state index contributed by atoms with van der Waals surface area (Å²) in [5.41, 5.74) is 0. The summed E-state index contributed by atoms with van der Waals surface area (Å²) >= 11 is 3.15. The summed E-state index contributed by atoms with van der Waals surface area (Å²) in [4.78, 5) is 0. The van der Waals surface area contributed by atoms with Crippen LogP contribution in [0, 0.1) is 0 Å². The smallest absolute Gasteiger partial charge is 0.0612 e. The minimum atomic E-state index is 0.144. The van der Waals surface area contributed by atoms with Crippen molar-refractivity contribution >= 4 is 15.9 Å². The van der Waals surface area contributed by atoms with E-state index in [1.165, 1.54) is 0 Å². The van der Waals surface area contributed by atoms with E-state index in [4.69, 9.17) is 5.11 Å². The number of alkyl halides is 1. The van der Waals surface area contributed by atoms with Crippen molar-refractivity contribution in [1.29, 1.82) is 0 Å². The molecule has 0 unspecified atom stereocenters. The van der Waals surface area contributed by atoms with Gasteiger partial charge in [-0.25, -0.2) is 0 Å². The van der Waals surface area contributed by atoms with Gasteiger partial charge in [0.1, 0.15) is 0 Å². The molecule has 0 saturated heterocycles. The van der Waals surface area contributed by atoms with E-state index in [1.54, 1.807) is 6.08 Å². The number of hydrogen-bond acceptors (Lipinski definition) is 1. The quantitative estimate of drug-likeness (QED) is 0.459. The van der Waals surface area contributed by atoms with Gasteiger partial charge in [0, 0.05) is 5.33 Å². The van der Waals surface area contributed by atoms with Crippen molar-refractivity contribution in [2.45, 2.75) is 0 Å². The van der Waals surface area contributed by atoms with Crippen LogP contribution in [-0.2, 0) is 0 Å². The lowest BCUT2D eigenvalue weighted by Crippen LogP contribution is -1.69. The summed E-state index contributed by atoms with van der Waals surface area (Å²) in [6.07, 6.45) is 3.54. The fourth-order valence-corrected chi connectivity index (χ4v) is 0.402. The lowest BCUT2D eigenvalue weighted by molar-refractivity contribution is 0.342. The summed E-state index contributed by atoms with van der Waals surface area (Å²) in [7, 11) is 0. The molecule has 1 nitrogen and oxygen atoms in total. The molecule has 0 atom stereocenters. The topological polar surface area (TPSA) is 20.2 Å². The Balaban J connectivity index is 2.73. The highest BCUT2D eigenvalue weighted by molar-refractivity contribution is 9.09. The van der Waals surface area contributed by atoms with E-state index in [0.717, 1.165) is 5.33 Å². The Morgan fingerprint density at radius 1 is 1.50 bits per heavy atom. The molecule has 0 radical (unpaired) electrons. The Bertz CT molecular complexity index is 36.8. The second-order valence-corrected chi connectivity index (χ2v) is 1.46. The Hall–Kier alpha value is 0.180. The van der Waals surface area contributed by atoms with Crippen LogP contribution in [0.2, 0.25) is 0 Å². The van der Waals surface area contributed by atoms with E-state index in [-0.39, 0.29) is 6.61 Å². The lowest BCUT2D eigenvalue weighted by Gasteiger charge is -1.71. The summed E-state index contributed by atoms with van der Waals surface area (Å²) < 4.78 is 0.